The summed E-state index contributed by atoms with van der Waals surface area (Å²) in [6.45, 7) is 6.63. The number of nitrogens with zero attached hydrogens (tertiary/aromatic N) is 1. The summed E-state index contributed by atoms with van der Waals surface area (Å²) in [5.41, 5.74) is 0.195. The van der Waals surface area contributed by atoms with Crippen LogP contribution in [0.1, 0.15) is 45.6 Å². The zero-order valence-corrected chi connectivity index (χ0v) is 19.6. The first-order chi connectivity index (χ1) is 14.9. The highest BCUT2D eigenvalue weighted by Crippen LogP contribution is 2.50. The molecule has 1 aromatic rings. The molecular weight excluding hydrogens is 435 g/mol. The third-order valence-corrected chi connectivity index (χ3v) is 7.36. The van der Waals surface area contributed by atoms with Gasteiger partial charge in [-0.3, -0.25) is 10.1 Å². The number of nitrogens with one attached hydrogen (secondary N) is 1. The molecule has 1 aliphatic carbocycles. The minimum atomic E-state index is -3.34. The minimum absolute atomic E-state index is 0.00898. The number of urea groups is 1. The maximum atomic E-state index is 14.2. The van der Waals surface area contributed by atoms with Gasteiger partial charge in [0.15, 0.2) is 21.4 Å². The molecule has 1 saturated heterocycles. The molecule has 2 aliphatic rings. The smallest absolute Gasteiger partial charge is 0.324 e. The average Bonchev–Trinajstić information content (AvgIpc) is 3.37. The molecule has 7 nitrogen and oxygen atoms in total. The second-order valence-corrected chi connectivity index (χ2v) is 12.0. The maximum absolute atomic E-state index is 14.2. The van der Waals surface area contributed by atoms with Crippen molar-refractivity contribution in [3.8, 4) is 5.75 Å². The summed E-state index contributed by atoms with van der Waals surface area (Å²) in [4.78, 5) is 24.0. The first-order valence-corrected chi connectivity index (χ1v) is 12.6. The van der Waals surface area contributed by atoms with Gasteiger partial charge >= 0.3 is 6.03 Å². The van der Waals surface area contributed by atoms with Crippen LogP contribution >= 0.6 is 0 Å². The van der Waals surface area contributed by atoms with Crippen LogP contribution in [0.4, 0.5) is 9.18 Å². The Morgan fingerprint density at radius 1 is 1.22 bits per heavy atom. The average molecular weight is 467 g/mol. The number of imide groups is 1. The first-order valence-electron chi connectivity index (χ1n) is 10.8. The summed E-state index contributed by atoms with van der Waals surface area (Å²) in [5.74, 6) is -0.622. The lowest BCUT2D eigenvalue weighted by atomic mass is 9.97. The Labute approximate surface area is 188 Å². The van der Waals surface area contributed by atoms with E-state index in [0.29, 0.717) is 13.0 Å². The molecule has 2 fully saturated rings. The van der Waals surface area contributed by atoms with Crippen molar-refractivity contribution in [3.63, 3.8) is 0 Å². The summed E-state index contributed by atoms with van der Waals surface area (Å²) >= 11 is 0. The van der Waals surface area contributed by atoms with Crippen molar-refractivity contribution < 1.29 is 27.1 Å². The van der Waals surface area contributed by atoms with Gasteiger partial charge < -0.3 is 9.64 Å². The van der Waals surface area contributed by atoms with E-state index >= 15 is 0 Å². The van der Waals surface area contributed by atoms with Crippen molar-refractivity contribution in [1.29, 1.82) is 0 Å². The van der Waals surface area contributed by atoms with Crippen molar-refractivity contribution >= 4 is 21.8 Å². The number of sulfone groups is 1. The second kappa shape index (κ2) is 9.21. The molecule has 1 aromatic carbocycles. The molecule has 1 heterocycles. The van der Waals surface area contributed by atoms with Gasteiger partial charge in [0.1, 0.15) is 6.54 Å². The van der Waals surface area contributed by atoms with Crippen LogP contribution in [0.3, 0.4) is 0 Å². The number of halogens is 1. The third-order valence-electron chi connectivity index (χ3n) is 5.51. The van der Waals surface area contributed by atoms with E-state index in [4.69, 9.17) is 4.74 Å². The zero-order valence-electron chi connectivity index (χ0n) is 18.8. The van der Waals surface area contributed by atoms with Gasteiger partial charge in [-0.25, -0.2) is 17.6 Å². The normalized spacial score (nSPS) is 18.3. The van der Waals surface area contributed by atoms with Crippen LogP contribution in [-0.2, 0) is 20.0 Å². The lowest BCUT2D eigenvalue weighted by Crippen LogP contribution is -2.28. The molecule has 0 aromatic heterocycles. The van der Waals surface area contributed by atoms with Gasteiger partial charge in [0.05, 0.1) is 18.1 Å². The monoisotopic (exact) mass is 466 g/mol. The fraction of sp³-hybridized carbons (Fsp3) is 0.565. The molecule has 0 radical (unpaired) electrons. The Hall–Kier alpha value is -2.42. The van der Waals surface area contributed by atoms with Crippen molar-refractivity contribution in [1.82, 2.24) is 10.2 Å². The topological polar surface area (TPSA) is 92.8 Å². The highest BCUT2D eigenvalue weighted by Gasteiger charge is 2.47. The van der Waals surface area contributed by atoms with Crippen LogP contribution < -0.4 is 10.1 Å². The maximum Gasteiger partial charge on any atom is 0.324 e. The molecule has 0 spiro atoms. The number of amides is 3. The number of hydrogen-bond donors (Lipinski definition) is 1. The molecule has 3 amide bonds. The fourth-order valence-electron chi connectivity index (χ4n) is 3.60. The molecule has 176 valence electrons. The second-order valence-electron chi connectivity index (χ2n) is 9.86. The molecule has 0 atom stereocenters. The lowest BCUT2D eigenvalue weighted by Gasteiger charge is -2.21. The summed E-state index contributed by atoms with van der Waals surface area (Å²) in [5, 5.41) is 2.19. The SMILES string of the molecule is CC(C)(C)COc1cc(C2(CS(=O)(=O)CC/C=C/CN3CC(=O)NC3=O)CC2)ccc1F. The number of hydrogen-bond acceptors (Lipinski definition) is 5. The molecule has 1 saturated carbocycles. The first kappa shape index (κ1) is 24.2. The van der Waals surface area contributed by atoms with E-state index < -0.39 is 27.1 Å². The van der Waals surface area contributed by atoms with E-state index in [1.165, 1.54) is 11.0 Å². The van der Waals surface area contributed by atoms with E-state index in [0.717, 1.165) is 18.4 Å². The number of ether oxygens (including phenoxy) is 1. The number of carbonyl (C=O) groups excluding carboxylic acids is 2. The van der Waals surface area contributed by atoms with Gasteiger partial charge in [-0.1, -0.05) is 39.0 Å². The molecule has 0 bridgehead atoms. The van der Waals surface area contributed by atoms with Gasteiger partial charge in [-0.05, 0) is 42.4 Å². The highest BCUT2D eigenvalue weighted by molar-refractivity contribution is 7.91. The van der Waals surface area contributed by atoms with Gasteiger partial charge in [0, 0.05) is 12.0 Å². The van der Waals surface area contributed by atoms with Crippen molar-refractivity contribution in [2.75, 3.05) is 31.2 Å². The minimum Gasteiger partial charge on any atom is -0.490 e. The fourth-order valence-corrected chi connectivity index (χ4v) is 5.53. The molecule has 1 aliphatic heterocycles. The van der Waals surface area contributed by atoms with Gasteiger partial charge in [-0.15, -0.1) is 0 Å². The largest absolute Gasteiger partial charge is 0.490 e. The molecule has 3 rings (SSSR count). The van der Waals surface area contributed by atoms with E-state index in [1.807, 2.05) is 20.8 Å². The molecule has 9 heteroatoms. The third kappa shape index (κ3) is 6.54. The van der Waals surface area contributed by atoms with Crippen LogP contribution in [0.5, 0.6) is 5.75 Å². The Morgan fingerprint density at radius 3 is 2.53 bits per heavy atom. The summed E-state index contributed by atoms with van der Waals surface area (Å²) in [6.07, 6.45) is 5.21. The zero-order chi connectivity index (χ0) is 23.6. The summed E-state index contributed by atoms with van der Waals surface area (Å²) in [7, 11) is -3.34. The highest BCUT2D eigenvalue weighted by atomic mass is 32.2. The lowest BCUT2D eigenvalue weighted by molar-refractivity contribution is -0.118. The van der Waals surface area contributed by atoms with E-state index in [1.54, 1.807) is 24.3 Å². The summed E-state index contributed by atoms with van der Waals surface area (Å²) in [6, 6.07) is 4.21. The van der Waals surface area contributed by atoms with Crippen LogP contribution in [0.15, 0.2) is 30.4 Å². The predicted octanol–water partition coefficient (Wildman–Crippen LogP) is 3.20. The number of benzene rings is 1. The van der Waals surface area contributed by atoms with Crippen molar-refractivity contribution in [3.05, 3.63) is 41.7 Å². The standard InChI is InChI=1S/C23H31FN2O5S/c1-22(2,3)15-31-19-13-17(7-8-18(19)24)23(9-10-23)16-32(29,30)12-6-4-5-11-26-14-20(27)25-21(26)28/h4-5,7-8,13H,6,9-12,14-16H2,1-3H3,(H,25,27,28)/b5-4+. The van der Waals surface area contributed by atoms with Crippen LogP contribution in [0.25, 0.3) is 0 Å². The van der Waals surface area contributed by atoms with Crippen molar-refractivity contribution in [2.45, 2.75) is 45.4 Å². The Kier molecular flexibility index (Phi) is 6.97. The van der Waals surface area contributed by atoms with E-state index in [9.17, 15) is 22.4 Å². The predicted molar refractivity (Wildman–Crippen MR) is 120 cm³/mol. The van der Waals surface area contributed by atoms with Crippen LogP contribution in [0, 0.1) is 11.2 Å². The summed E-state index contributed by atoms with van der Waals surface area (Å²) < 4.78 is 45.3. The molecule has 32 heavy (non-hydrogen) atoms. The molecule has 0 unspecified atom stereocenters. The molecular formula is C23H31FN2O5S. The molecule has 1 N–H and O–H groups in total. The van der Waals surface area contributed by atoms with E-state index in [-0.39, 0.29) is 41.7 Å². The quantitative estimate of drug-likeness (QED) is 0.422. The Bertz CT molecular complexity index is 1010. The van der Waals surface area contributed by atoms with Crippen LogP contribution in [0.2, 0.25) is 0 Å². The van der Waals surface area contributed by atoms with E-state index in [2.05, 4.69) is 5.32 Å². The Balaban J connectivity index is 1.56. The van der Waals surface area contributed by atoms with Gasteiger partial charge in [0.2, 0.25) is 5.91 Å². The van der Waals surface area contributed by atoms with Gasteiger partial charge in [0.25, 0.3) is 0 Å². The van der Waals surface area contributed by atoms with Crippen LogP contribution in [-0.4, -0.2) is 56.5 Å². The van der Waals surface area contributed by atoms with Crippen molar-refractivity contribution in [2.24, 2.45) is 5.41 Å². The number of carbonyl (C=O) groups is 2. The Morgan fingerprint density at radius 2 is 1.94 bits per heavy atom. The number of rotatable bonds is 10. The van der Waals surface area contributed by atoms with Gasteiger partial charge in [-0.2, -0.15) is 0 Å². The number of allylic oxidation sites excluding steroid dienone is 1.